The third-order valence-corrected chi connectivity index (χ3v) is 3.53. The molecule has 5 heteroatoms. The van der Waals surface area contributed by atoms with Crippen LogP contribution in [-0.2, 0) is 0 Å². The summed E-state index contributed by atoms with van der Waals surface area (Å²) in [6.45, 7) is 2.65. The molecule has 0 spiro atoms. The molecule has 0 bridgehead atoms. The van der Waals surface area contributed by atoms with E-state index in [1.807, 2.05) is 42.2 Å². The van der Waals surface area contributed by atoms with Gasteiger partial charge in [-0.15, -0.1) is 0 Å². The van der Waals surface area contributed by atoms with Gasteiger partial charge in [-0.2, -0.15) is 0 Å². The Bertz CT molecular complexity index is 628. The number of nitrogens with one attached hydrogen (secondary N) is 1. The second kappa shape index (κ2) is 7.20. The van der Waals surface area contributed by atoms with Gasteiger partial charge < -0.3 is 4.90 Å². The lowest BCUT2D eigenvalue weighted by molar-refractivity contribution is 0.0977. The van der Waals surface area contributed by atoms with Crippen LogP contribution in [0.15, 0.2) is 54.6 Å². The number of rotatable bonds is 3. The Morgan fingerprint density at radius 3 is 2.33 bits per heavy atom. The Balaban J connectivity index is 2.09. The lowest BCUT2D eigenvalue weighted by atomic mass is 10.2. The van der Waals surface area contributed by atoms with Crippen LogP contribution < -0.4 is 10.2 Å². The SMILES string of the molecule is CCN(C(=S)NC(=O)c1ccc(Cl)cc1)c1ccccc1. The molecule has 108 valence electrons. The third-order valence-electron chi connectivity index (χ3n) is 2.96. The molecule has 0 fully saturated rings. The summed E-state index contributed by atoms with van der Waals surface area (Å²) >= 11 is 11.1. The lowest BCUT2D eigenvalue weighted by Gasteiger charge is -2.23. The van der Waals surface area contributed by atoms with E-state index in [-0.39, 0.29) is 5.91 Å². The fourth-order valence-corrected chi connectivity index (χ4v) is 2.34. The molecule has 0 atom stereocenters. The maximum atomic E-state index is 12.1. The van der Waals surface area contributed by atoms with Gasteiger partial charge in [0.1, 0.15) is 0 Å². The smallest absolute Gasteiger partial charge is 0.257 e. The molecule has 2 aromatic rings. The molecular weight excluding hydrogens is 304 g/mol. The van der Waals surface area contributed by atoms with Crippen LogP contribution in [-0.4, -0.2) is 17.6 Å². The number of carbonyl (C=O) groups is 1. The van der Waals surface area contributed by atoms with E-state index in [1.165, 1.54) is 0 Å². The van der Waals surface area contributed by atoms with E-state index < -0.39 is 0 Å². The number of hydrogen-bond acceptors (Lipinski definition) is 2. The Kier molecular flexibility index (Phi) is 5.31. The highest BCUT2D eigenvalue weighted by Gasteiger charge is 2.13. The minimum atomic E-state index is -0.244. The number of halogens is 1. The fraction of sp³-hybridized carbons (Fsp3) is 0.125. The molecule has 0 heterocycles. The van der Waals surface area contributed by atoms with Crippen LogP contribution in [0.4, 0.5) is 5.69 Å². The van der Waals surface area contributed by atoms with Gasteiger partial charge >= 0.3 is 0 Å². The summed E-state index contributed by atoms with van der Waals surface area (Å²) in [6, 6.07) is 16.4. The highest BCUT2D eigenvalue weighted by atomic mass is 35.5. The number of nitrogens with zero attached hydrogens (tertiary/aromatic N) is 1. The van der Waals surface area contributed by atoms with Crippen LogP contribution in [0.3, 0.4) is 0 Å². The first-order valence-corrected chi connectivity index (χ1v) is 7.34. The van der Waals surface area contributed by atoms with Crippen LogP contribution in [0.5, 0.6) is 0 Å². The highest BCUT2D eigenvalue weighted by Crippen LogP contribution is 2.14. The normalized spacial score (nSPS) is 10.0. The van der Waals surface area contributed by atoms with Crippen molar-refractivity contribution in [3.63, 3.8) is 0 Å². The zero-order valence-corrected chi connectivity index (χ0v) is 13.1. The quantitative estimate of drug-likeness (QED) is 0.872. The van der Waals surface area contributed by atoms with Crippen LogP contribution >= 0.6 is 23.8 Å². The summed E-state index contributed by atoms with van der Waals surface area (Å²) in [7, 11) is 0. The van der Waals surface area contributed by atoms with Gasteiger partial charge in [-0.25, -0.2) is 0 Å². The van der Waals surface area contributed by atoms with Crippen molar-refractivity contribution >= 4 is 40.5 Å². The average Bonchev–Trinajstić information content (AvgIpc) is 2.49. The zero-order valence-electron chi connectivity index (χ0n) is 11.5. The van der Waals surface area contributed by atoms with Gasteiger partial charge in [-0.3, -0.25) is 10.1 Å². The summed E-state index contributed by atoms with van der Waals surface area (Å²) in [5.74, 6) is -0.244. The molecule has 3 nitrogen and oxygen atoms in total. The molecule has 0 aliphatic carbocycles. The zero-order chi connectivity index (χ0) is 15.2. The van der Waals surface area contributed by atoms with E-state index in [0.29, 0.717) is 22.2 Å². The molecule has 0 radical (unpaired) electrons. The van der Waals surface area contributed by atoms with E-state index >= 15 is 0 Å². The number of thiocarbonyl (C=S) groups is 1. The number of hydrogen-bond donors (Lipinski definition) is 1. The van der Waals surface area contributed by atoms with E-state index in [2.05, 4.69) is 5.32 Å². The maximum Gasteiger partial charge on any atom is 0.257 e. The van der Waals surface area contributed by atoms with Crippen molar-refractivity contribution < 1.29 is 4.79 Å². The first-order chi connectivity index (χ1) is 10.1. The van der Waals surface area contributed by atoms with Gasteiger partial charge in [0, 0.05) is 22.8 Å². The highest BCUT2D eigenvalue weighted by molar-refractivity contribution is 7.80. The molecule has 0 aromatic heterocycles. The summed E-state index contributed by atoms with van der Waals surface area (Å²) in [5, 5.41) is 3.71. The third kappa shape index (κ3) is 4.03. The van der Waals surface area contributed by atoms with Crippen molar-refractivity contribution in [1.82, 2.24) is 5.32 Å². The van der Waals surface area contributed by atoms with Crippen molar-refractivity contribution in [2.45, 2.75) is 6.92 Å². The molecule has 21 heavy (non-hydrogen) atoms. The predicted octanol–water partition coefficient (Wildman–Crippen LogP) is 3.88. The van der Waals surface area contributed by atoms with Gasteiger partial charge in [-0.05, 0) is 55.5 Å². The minimum Gasteiger partial charge on any atom is -0.319 e. The monoisotopic (exact) mass is 318 g/mol. The van der Waals surface area contributed by atoms with Gasteiger partial charge in [0.2, 0.25) is 0 Å². The number of carbonyl (C=O) groups excluding carboxylic acids is 1. The molecular formula is C16H15ClN2OS. The van der Waals surface area contributed by atoms with Crippen molar-refractivity contribution in [3.05, 3.63) is 65.2 Å². The van der Waals surface area contributed by atoms with Gasteiger partial charge in [0.05, 0.1) is 0 Å². The summed E-state index contributed by atoms with van der Waals surface area (Å²) in [4.78, 5) is 14.0. The second-order valence-corrected chi connectivity index (χ2v) is 5.17. The number of amides is 1. The van der Waals surface area contributed by atoms with Crippen LogP contribution in [0.1, 0.15) is 17.3 Å². The molecule has 2 aromatic carbocycles. The van der Waals surface area contributed by atoms with Crippen molar-refractivity contribution in [2.24, 2.45) is 0 Å². The summed E-state index contributed by atoms with van der Waals surface area (Å²) in [5.41, 5.74) is 1.47. The van der Waals surface area contributed by atoms with Crippen LogP contribution in [0.25, 0.3) is 0 Å². The summed E-state index contributed by atoms with van der Waals surface area (Å²) < 4.78 is 0. The molecule has 2 rings (SSSR count). The first kappa shape index (κ1) is 15.5. The molecule has 0 aliphatic heterocycles. The van der Waals surface area contributed by atoms with Crippen molar-refractivity contribution in [2.75, 3.05) is 11.4 Å². The first-order valence-electron chi connectivity index (χ1n) is 6.55. The molecule has 0 unspecified atom stereocenters. The fourth-order valence-electron chi connectivity index (χ4n) is 1.89. The van der Waals surface area contributed by atoms with Gasteiger partial charge in [-0.1, -0.05) is 29.8 Å². The standard InChI is InChI=1S/C16H15ClN2OS/c1-2-19(14-6-4-3-5-7-14)16(21)18-15(20)12-8-10-13(17)11-9-12/h3-11H,2H2,1H3,(H,18,20,21). The van der Waals surface area contributed by atoms with Crippen molar-refractivity contribution in [3.8, 4) is 0 Å². The van der Waals surface area contributed by atoms with Crippen molar-refractivity contribution in [1.29, 1.82) is 0 Å². The number of para-hydroxylation sites is 1. The van der Waals surface area contributed by atoms with E-state index in [4.69, 9.17) is 23.8 Å². The number of benzene rings is 2. The maximum absolute atomic E-state index is 12.1. The molecule has 0 saturated carbocycles. The van der Waals surface area contributed by atoms with Gasteiger partial charge in [0.15, 0.2) is 5.11 Å². The Morgan fingerprint density at radius 1 is 1.14 bits per heavy atom. The van der Waals surface area contributed by atoms with E-state index in [0.717, 1.165) is 5.69 Å². The average molecular weight is 319 g/mol. The van der Waals surface area contributed by atoms with E-state index in [1.54, 1.807) is 24.3 Å². The van der Waals surface area contributed by atoms with Crippen LogP contribution in [0, 0.1) is 0 Å². The summed E-state index contributed by atoms with van der Waals surface area (Å²) in [6.07, 6.45) is 0. The topological polar surface area (TPSA) is 32.3 Å². The van der Waals surface area contributed by atoms with Crippen LogP contribution in [0.2, 0.25) is 5.02 Å². The Morgan fingerprint density at radius 2 is 1.76 bits per heavy atom. The molecule has 0 saturated heterocycles. The Labute approximate surface area is 134 Å². The number of anilines is 1. The van der Waals surface area contributed by atoms with E-state index in [9.17, 15) is 4.79 Å². The largest absolute Gasteiger partial charge is 0.319 e. The second-order valence-electron chi connectivity index (χ2n) is 4.35. The minimum absolute atomic E-state index is 0.244. The molecule has 0 aliphatic rings. The predicted molar refractivity (Wildman–Crippen MR) is 91.0 cm³/mol. The molecule has 1 amide bonds. The molecule has 1 N–H and O–H groups in total. The lowest BCUT2D eigenvalue weighted by Crippen LogP contribution is -2.42. The van der Waals surface area contributed by atoms with Gasteiger partial charge in [0.25, 0.3) is 5.91 Å². The Hall–Kier alpha value is -1.91.